The van der Waals surface area contributed by atoms with Gasteiger partial charge in [0, 0.05) is 0 Å². The number of Topliss-reactive ketones (excluding diaryl/α,β-unsaturated/α-hetero) is 1. The van der Waals surface area contributed by atoms with Crippen LogP contribution in [0.25, 0.3) is 0 Å². The van der Waals surface area contributed by atoms with Crippen LogP contribution in [0.4, 0.5) is 22.0 Å². The number of halogens is 9. The SMILES string of the molecule is O=C(c1c(Cl)cc(Cl)c(Cl)c1Cl)C(F)(F)C(F)(F)F. The molecule has 106 valence electrons. The lowest BCUT2D eigenvalue weighted by Gasteiger charge is -2.19. The molecule has 0 atom stereocenters. The highest BCUT2D eigenvalue weighted by atomic mass is 35.5. The van der Waals surface area contributed by atoms with E-state index in [2.05, 4.69) is 0 Å². The molecule has 1 rings (SSSR count). The maximum atomic E-state index is 12.9. The van der Waals surface area contributed by atoms with Crippen molar-refractivity contribution >= 4 is 52.2 Å². The predicted molar refractivity (Wildman–Crippen MR) is 61.8 cm³/mol. The van der Waals surface area contributed by atoms with E-state index < -0.39 is 38.5 Å². The van der Waals surface area contributed by atoms with Gasteiger partial charge in [-0.05, 0) is 6.07 Å². The van der Waals surface area contributed by atoms with E-state index in [1.807, 2.05) is 0 Å². The van der Waals surface area contributed by atoms with Gasteiger partial charge in [-0.1, -0.05) is 46.4 Å². The smallest absolute Gasteiger partial charge is 0.287 e. The van der Waals surface area contributed by atoms with Crippen LogP contribution in [-0.2, 0) is 0 Å². The van der Waals surface area contributed by atoms with Crippen LogP contribution in [0.1, 0.15) is 10.4 Å². The van der Waals surface area contributed by atoms with Gasteiger partial charge >= 0.3 is 12.1 Å². The molecule has 0 aromatic heterocycles. The minimum absolute atomic E-state index is 0.288. The van der Waals surface area contributed by atoms with Gasteiger partial charge in [0.05, 0.1) is 25.7 Å². The molecule has 1 aromatic rings. The highest BCUT2D eigenvalue weighted by Gasteiger charge is 2.63. The summed E-state index contributed by atoms with van der Waals surface area (Å²) in [5.74, 6) is -8.24. The Bertz CT molecular complexity index is 540. The van der Waals surface area contributed by atoms with Crippen molar-refractivity contribution in [2.24, 2.45) is 0 Å². The third kappa shape index (κ3) is 2.91. The average Bonchev–Trinajstić information content (AvgIpc) is 2.24. The highest BCUT2D eigenvalue weighted by Crippen LogP contribution is 2.44. The summed E-state index contributed by atoms with van der Waals surface area (Å²) in [6.07, 6.45) is -6.08. The van der Waals surface area contributed by atoms with E-state index in [1.165, 1.54) is 0 Å². The standard InChI is InChI=1S/C9HCl4F5O/c10-2-1-3(11)5(12)6(13)4(2)7(19)8(14,15)9(16,17)18/h1H. The second-order valence-electron chi connectivity index (χ2n) is 3.24. The molecule has 1 nitrogen and oxygen atoms in total. The lowest BCUT2D eigenvalue weighted by molar-refractivity contribution is -0.255. The Kier molecular flexibility index (Phi) is 4.62. The minimum atomic E-state index is -6.08. The summed E-state index contributed by atoms with van der Waals surface area (Å²) in [7, 11) is 0. The zero-order valence-electron chi connectivity index (χ0n) is 8.39. The quantitative estimate of drug-likeness (QED) is 0.286. The predicted octanol–water partition coefficient (Wildman–Crippen LogP) is 5.68. The number of rotatable bonds is 2. The number of carbonyl (C=O) groups excluding carboxylic acids is 1. The molecule has 0 aliphatic heterocycles. The van der Waals surface area contributed by atoms with E-state index in [0.29, 0.717) is 0 Å². The Labute approximate surface area is 123 Å². The van der Waals surface area contributed by atoms with Gasteiger partial charge in [0.2, 0.25) is 5.78 Å². The maximum Gasteiger partial charge on any atom is 0.461 e. The maximum absolute atomic E-state index is 12.9. The van der Waals surface area contributed by atoms with Crippen molar-refractivity contribution in [2.45, 2.75) is 12.1 Å². The summed E-state index contributed by atoms with van der Waals surface area (Å²) < 4.78 is 62.2. The van der Waals surface area contributed by atoms with Gasteiger partial charge < -0.3 is 0 Å². The van der Waals surface area contributed by atoms with Crippen molar-refractivity contribution in [1.82, 2.24) is 0 Å². The van der Waals surface area contributed by atoms with Crippen LogP contribution in [0.15, 0.2) is 6.07 Å². The molecule has 0 spiro atoms. The Morgan fingerprint density at radius 1 is 0.895 bits per heavy atom. The number of alkyl halides is 5. The first-order valence-corrected chi connectivity index (χ1v) is 5.74. The van der Waals surface area contributed by atoms with E-state index >= 15 is 0 Å². The first-order chi connectivity index (χ1) is 8.41. The van der Waals surface area contributed by atoms with Crippen molar-refractivity contribution in [2.75, 3.05) is 0 Å². The number of ketones is 1. The molecule has 1 aromatic carbocycles. The zero-order valence-corrected chi connectivity index (χ0v) is 11.4. The monoisotopic (exact) mass is 360 g/mol. The molecule has 0 aliphatic carbocycles. The van der Waals surface area contributed by atoms with Crippen LogP contribution in [0, 0.1) is 0 Å². The molecule has 0 radical (unpaired) electrons. The summed E-state index contributed by atoms with van der Waals surface area (Å²) in [4.78, 5) is 11.3. The lowest BCUT2D eigenvalue weighted by Crippen LogP contribution is -2.44. The average molecular weight is 362 g/mol. The molecular formula is C9HCl4F5O. The molecule has 0 bridgehead atoms. The third-order valence-corrected chi connectivity index (χ3v) is 3.54. The second-order valence-corrected chi connectivity index (χ2v) is 4.81. The van der Waals surface area contributed by atoms with Crippen LogP contribution in [0.5, 0.6) is 0 Å². The summed E-state index contributed by atoms with van der Waals surface area (Å²) in [6, 6.07) is 0.747. The van der Waals surface area contributed by atoms with E-state index in [1.54, 1.807) is 0 Å². The molecule has 0 amide bonds. The summed E-state index contributed by atoms with van der Waals surface area (Å²) in [5, 5.41) is -2.46. The van der Waals surface area contributed by atoms with Crippen LogP contribution in [-0.4, -0.2) is 17.9 Å². The summed E-state index contributed by atoms with van der Waals surface area (Å²) in [5.41, 5.74) is -1.24. The summed E-state index contributed by atoms with van der Waals surface area (Å²) in [6.45, 7) is 0. The van der Waals surface area contributed by atoms with Gasteiger partial charge in [0.15, 0.2) is 0 Å². The Balaban J connectivity index is 3.49. The Morgan fingerprint density at radius 3 is 1.79 bits per heavy atom. The minimum Gasteiger partial charge on any atom is -0.287 e. The molecule has 0 heterocycles. The Morgan fingerprint density at radius 2 is 1.37 bits per heavy atom. The van der Waals surface area contributed by atoms with Gasteiger partial charge in [-0.15, -0.1) is 0 Å². The molecule has 19 heavy (non-hydrogen) atoms. The molecule has 0 fully saturated rings. The van der Waals surface area contributed by atoms with E-state index in [-0.39, 0.29) is 5.02 Å². The Hall–Kier alpha value is -0.300. The molecule has 10 heteroatoms. The third-order valence-electron chi connectivity index (χ3n) is 1.98. The van der Waals surface area contributed by atoms with Gasteiger partial charge in [0.1, 0.15) is 0 Å². The van der Waals surface area contributed by atoms with Gasteiger partial charge in [-0.25, -0.2) is 0 Å². The van der Waals surface area contributed by atoms with Crippen molar-refractivity contribution in [3.63, 3.8) is 0 Å². The van der Waals surface area contributed by atoms with Crippen LogP contribution < -0.4 is 0 Å². The van der Waals surface area contributed by atoms with Gasteiger partial charge in [-0.2, -0.15) is 22.0 Å². The van der Waals surface area contributed by atoms with Crippen molar-refractivity contribution in [1.29, 1.82) is 0 Å². The largest absolute Gasteiger partial charge is 0.461 e. The highest BCUT2D eigenvalue weighted by molar-refractivity contribution is 6.51. The number of carbonyl (C=O) groups is 1. The number of benzene rings is 1. The number of hydrogen-bond acceptors (Lipinski definition) is 1. The molecule has 0 N–H and O–H groups in total. The molecule has 0 saturated carbocycles. The fourth-order valence-electron chi connectivity index (χ4n) is 1.06. The first kappa shape index (κ1) is 16.8. The molecule has 0 unspecified atom stereocenters. The molecule has 0 saturated heterocycles. The fourth-order valence-corrected chi connectivity index (χ4v) is 2.14. The summed E-state index contributed by atoms with van der Waals surface area (Å²) >= 11 is 21.8. The first-order valence-electron chi connectivity index (χ1n) is 4.23. The van der Waals surface area contributed by atoms with Crippen LogP contribution in [0.3, 0.4) is 0 Å². The van der Waals surface area contributed by atoms with Crippen molar-refractivity contribution < 1.29 is 26.7 Å². The molecular weight excluding hydrogens is 361 g/mol. The molecule has 0 aliphatic rings. The van der Waals surface area contributed by atoms with Gasteiger partial charge in [-0.3, -0.25) is 4.79 Å². The zero-order chi connectivity index (χ0) is 15.2. The fraction of sp³-hybridized carbons (Fsp3) is 0.222. The van der Waals surface area contributed by atoms with E-state index in [4.69, 9.17) is 46.4 Å². The van der Waals surface area contributed by atoms with Crippen LogP contribution in [0.2, 0.25) is 20.1 Å². The lowest BCUT2D eigenvalue weighted by atomic mass is 10.0. The second kappa shape index (κ2) is 5.24. The van der Waals surface area contributed by atoms with Gasteiger partial charge in [0.25, 0.3) is 0 Å². The number of hydrogen-bond donors (Lipinski definition) is 0. The normalized spacial score (nSPS) is 12.7. The van der Waals surface area contributed by atoms with E-state index in [0.717, 1.165) is 6.07 Å². The van der Waals surface area contributed by atoms with Crippen molar-refractivity contribution in [3.05, 3.63) is 31.7 Å². The van der Waals surface area contributed by atoms with Crippen molar-refractivity contribution in [3.8, 4) is 0 Å². The van der Waals surface area contributed by atoms with Crippen LogP contribution >= 0.6 is 46.4 Å². The topological polar surface area (TPSA) is 17.1 Å². The van der Waals surface area contributed by atoms with E-state index in [9.17, 15) is 26.7 Å².